The number of hydrogen-bond donors (Lipinski definition) is 1. The molecule has 0 aliphatic rings. The van der Waals surface area contributed by atoms with Gasteiger partial charge in [0, 0.05) is 15.4 Å². The van der Waals surface area contributed by atoms with Crippen molar-refractivity contribution in [3.05, 3.63) is 51.2 Å². The van der Waals surface area contributed by atoms with E-state index in [0.29, 0.717) is 23.4 Å². The van der Waals surface area contributed by atoms with Gasteiger partial charge in [-0.3, -0.25) is 4.79 Å². The van der Waals surface area contributed by atoms with Crippen LogP contribution in [0.5, 0.6) is 0 Å². The minimum absolute atomic E-state index is 0.136. The molecule has 1 heterocycles. The van der Waals surface area contributed by atoms with Crippen LogP contribution in [-0.4, -0.2) is 18.5 Å². The minimum atomic E-state index is -0.343. The molecule has 0 atom stereocenters. The molecule has 116 valence electrons. The van der Waals surface area contributed by atoms with Crippen LogP contribution in [0.4, 0.5) is 5.69 Å². The number of ether oxygens (including phenoxy) is 1. The number of esters is 1. The van der Waals surface area contributed by atoms with Crippen molar-refractivity contribution in [2.45, 2.75) is 27.2 Å². The van der Waals surface area contributed by atoms with Crippen LogP contribution < -0.4 is 5.32 Å². The number of hydrogen-bond acceptors (Lipinski definition) is 4. The zero-order valence-electron chi connectivity index (χ0n) is 12.9. The summed E-state index contributed by atoms with van der Waals surface area (Å²) in [5.74, 6) is -0.479. The van der Waals surface area contributed by atoms with Gasteiger partial charge in [-0.25, -0.2) is 4.79 Å². The summed E-state index contributed by atoms with van der Waals surface area (Å²) < 4.78 is 5.06. The first kappa shape index (κ1) is 16.2. The number of nitrogens with one attached hydrogen (secondary N) is 1. The van der Waals surface area contributed by atoms with E-state index in [-0.39, 0.29) is 11.9 Å². The quantitative estimate of drug-likeness (QED) is 0.842. The van der Waals surface area contributed by atoms with Crippen molar-refractivity contribution < 1.29 is 14.3 Å². The maximum atomic E-state index is 12.2. The van der Waals surface area contributed by atoms with Crippen molar-refractivity contribution in [3.63, 3.8) is 0 Å². The van der Waals surface area contributed by atoms with E-state index in [1.807, 2.05) is 26.8 Å². The summed E-state index contributed by atoms with van der Waals surface area (Å²) >= 11 is 1.60. The number of benzene rings is 1. The second-order valence-electron chi connectivity index (χ2n) is 4.99. The van der Waals surface area contributed by atoms with Crippen molar-refractivity contribution in [1.82, 2.24) is 0 Å². The lowest BCUT2D eigenvalue weighted by molar-refractivity contribution is 0.0505. The summed E-state index contributed by atoms with van der Waals surface area (Å²) in [7, 11) is 0. The standard InChI is InChI=1S/C17H19NO3S/c1-4-9-21-17(20)13-5-7-14(8-6-13)18-16(19)15-10-11(2)22-12(15)3/h5-8,10H,4,9H2,1-3H3,(H,18,19). The van der Waals surface area contributed by atoms with E-state index in [1.165, 1.54) is 0 Å². The van der Waals surface area contributed by atoms with E-state index in [9.17, 15) is 9.59 Å². The van der Waals surface area contributed by atoms with Gasteiger partial charge in [0.05, 0.1) is 17.7 Å². The summed E-state index contributed by atoms with van der Waals surface area (Å²) in [4.78, 5) is 26.0. The third-order valence-corrected chi connectivity index (χ3v) is 4.07. The van der Waals surface area contributed by atoms with Crippen LogP contribution in [0, 0.1) is 13.8 Å². The molecule has 0 aliphatic carbocycles. The fourth-order valence-corrected chi connectivity index (χ4v) is 2.94. The Morgan fingerprint density at radius 1 is 1.18 bits per heavy atom. The molecule has 2 aromatic rings. The molecular weight excluding hydrogens is 298 g/mol. The highest BCUT2D eigenvalue weighted by atomic mass is 32.1. The molecule has 1 aromatic carbocycles. The molecule has 0 aliphatic heterocycles. The number of amides is 1. The Labute approximate surface area is 134 Å². The first-order valence-corrected chi connectivity index (χ1v) is 7.98. The van der Waals surface area contributed by atoms with Crippen LogP contribution >= 0.6 is 11.3 Å². The molecule has 22 heavy (non-hydrogen) atoms. The molecular formula is C17H19NO3S. The Bertz CT molecular complexity index is 674. The van der Waals surface area contributed by atoms with E-state index in [0.717, 1.165) is 16.2 Å². The van der Waals surface area contributed by atoms with Gasteiger partial charge in [-0.2, -0.15) is 0 Å². The number of thiophene rings is 1. The highest BCUT2D eigenvalue weighted by Gasteiger charge is 2.12. The van der Waals surface area contributed by atoms with Gasteiger partial charge in [-0.05, 0) is 50.6 Å². The van der Waals surface area contributed by atoms with E-state index in [2.05, 4.69) is 5.32 Å². The summed E-state index contributed by atoms with van der Waals surface area (Å²) in [5, 5.41) is 2.84. The molecule has 0 spiro atoms. The monoisotopic (exact) mass is 317 g/mol. The van der Waals surface area contributed by atoms with Gasteiger partial charge in [0.1, 0.15) is 0 Å². The molecule has 0 saturated heterocycles. The van der Waals surface area contributed by atoms with Crippen molar-refractivity contribution in [2.75, 3.05) is 11.9 Å². The Morgan fingerprint density at radius 3 is 2.41 bits per heavy atom. The highest BCUT2D eigenvalue weighted by Crippen LogP contribution is 2.22. The number of rotatable bonds is 5. The highest BCUT2D eigenvalue weighted by molar-refractivity contribution is 7.12. The Kier molecular flexibility index (Phi) is 5.33. The average molecular weight is 317 g/mol. The average Bonchev–Trinajstić information content (AvgIpc) is 2.84. The smallest absolute Gasteiger partial charge is 0.338 e. The van der Waals surface area contributed by atoms with Crippen molar-refractivity contribution in [3.8, 4) is 0 Å². The summed E-state index contributed by atoms with van der Waals surface area (Å²) in [5.41, 5.74) is 1.82. The van der Waals surface area contributed by atoms with Gasteiger partial charge in [-0.15, -0.1) is 11.3 Å². The first-order chi connectivity index (χ1) is 10.5. The predicted octanol–water partition coefficient (Wildman–Crippen LogP) is 4.18. The Morgan fingerprint density at radius 2 is 1.86 bits per heavy atom. The SMILES string of the molecule is CCCOC(=O)c1ccc(NC(=O)c2cc(C)sc2C)cc1. The van der Waals surface area contributed by atoms with Crippen molar-refractivity contribution in [2.24, 2.45) is 0 Å². The summed E-state index contributed by atoms with van der Waals surface area (Å²) in [6, 6.07) is 8.59. The van der Waals surface area contributed by atoms with E-state index < -0.39 is 0 Å². The van der Waals surface area contributed by atoms with Gasteiger partial charge < -0.3 is 10.1 Å². The number of carbonyl (C=O) groups is 2. The van der Waals surface area contributed by atoms with Crippen LogP contribution in [0.15, 0.2) is 30.3 Å². The van der Waals surface area contributed by atoms with E-state index in [4.69, 9.17) is 4.74 Å². The topological polar surface area (TPSA) is 55.4 Å². The van der Waals surface area contributed by atoms with Crippen LogP contribution in [-0.2, 0) is 4.74 Å². The number of aryl methyl sites for hydroxylation is 2. The third-order valence-electron chi connectivity index (χ3n) is 3.10. The summed E-state index contributed by atoms with van der Waals surface area (Å²) in [6.07, 6.45) is 0.791. The van der Waals surface area contributed by atoms with Gasteiger partial charge in [0.2, 0.25) is 0 Å². The molecule has 1 aromatic heterocycles. The fraction of sp³-hybridized carbons (Fsp3) is 0.294. The summed E-state index contributed by atoms with van der Waals surface area (Å²) in [6.45, 7) is 6.26. The van der Waals surface area contributed by atoms with Gasteiger partial charge >= 0.3 is 5.97 Å². The molecule has 0 fully saturated rings. The second-order valence-corrected chi connectivity index (χ2v) is 6.45. The molecule has 0 radical (unpaired) electrons. The van der Waals surface area contributed by atoms with Gasteiger partial charge in [0.25, 0.3) is 5.91 Å². The lowest BCUT2D eigenvalue weighted by atomic mass is 10.2. The fourth-order valence-electron chi connectivity index (χ4n) is 2.02. The van der Waals surface area contributed by atoms with Gasteiger partial charge in [0.15, 0.2) is 0 Å². The maximum absolute atomic E-state index is 12.2. The van der Waals surface area contributed by atoms with E-state index >= 15 is 0 Å². The maximum Gasteiger partial charge on any atom is 0.338 e. The molecule has 1 N–H and O–H groups in total. The van der Waals surface area contributed by atoms with E-state index in [1.54, 1.807) is 35.6 Å². The zero-order chi connectivity index (χ0) is 16.1. The molecule has 0 unspecified atom stereocenters. The third kappa shape index (κ3) is 3.95. The second kappa shape index (κ2) is 7.22. The Balaban J connectivity index is 2.03. The molecule has 0 saturated carbocycles. The molecule has 0 bridgehead atoms. The molecule has 2 rings (SSSR count). The van der Waals surface area contributed by atoms with Crippen molar-refractivity contribution in [1.29, 1.82) is 0 Å². The first-order valence-electron chi connectivity index (χ1n) is 7.17. The van der Waals surface area contributed by atoms with Gasteiger partial charge in [-0.1, -0.05) is 6.92 Å². The number of anilines is 1. The Hall–Kier alpha value is -2.14. The largest absolute Gasteiger partial charge is 0.462 e. The minimum Gasteiger partial charge on any atom is -0.462 e. The predicted molar refractivity (Wildman–Crippen MR) is 88.8 cm³/mol. The normalized spacial score (nSPS) is 10.3. The molecule has 4 nitrogen and oxygen atoms in total. The van der Waals surface area contributed by atoms with Crippen LogP contribution in [0.2, 0.25) is 0 Å². The lowest BCUT2D eigenvalue weighted by Crippen LogP contribution is -2.12. The molecule has 1 amide bonds. The lowest BCUT2D eigenvalue weighted by Gasteiger charge is -2.06. The molecule has 5 heteroatoms. The van der Waals surface area contributed by atoms with Crippen LogP contribution in [0.1, 0.15) is 43.8 Å². The zero-order valence-corrected chi connectivity index (χ0v) is 13.8. The van der Waals surface area contributed by atoms with Crippen LogP contribution in [0.3, 0.4) is 0 Å². The number of carbonyl (C=O) groups excluding carboxylic acids is 2. The van der Waals surface area contributed by atoms with Crippen molar-refractivity contribution >= 4 is 28.9 Å². The van der Waals surface area contributed by atoms with Crippen LogP contribution in [0.25, 0.3) is 0 Å².